The fourth-order valence-corrected chi connectivity index (χ4v) is 7.19. The van der Waals surface area contributed by atoms with Crippen LogP contribution in [0.25, 0.3) is 0 Å². The molecule has 3 aliphatic heterocycles. The highest BCUT2D eigenvalue weighted by Crippen LogP contribution is 2.34. The van der Waals surface area contributed by atoms with Crippen LogP contribution < -0.4 is 5.32 Å². The number of anilines is 1. The van der Waals surface area contributed by atoms with Crippen LogP contribution in [0.5, 0.6) is 0 Å². The maximum absolute atomic E-state index is 12.5. The third-order valence-electron chi connectivity index (χ3n) is 4.84. The number of hydrogen-bond donors (Lipinski definition) is 1. The maximum Gasteiger partial charge on any atom is 0.253 e. The fraction of sp³-hybridized carbons (Fsp3) is 0.529. The van der Waals surface area contributed by atoms with Crippen LogP contribution in [0.1, 0.15) is 29.6 Å². The Morgan fingerprint density at radius 1 is 1.12 bits per heavy atom. The number of aliphatic imine (C=N–C) groups is 1. The molecule has 0 bridgehead atoms. The summed E-state index contributed by atoms with van der Waals surface area (Å²) in [5.74, 6) is 0.456. The minimum atomic E-state index is -2.93. The maximum atomic E-state index is 12.5. The van der Waals surface area contributed by atoms with E-state index in [0.717, 1.165) is 36.8 Å². The summed E-state index contributed by atoms with van der Waals surface area (Å²) < 4.78 is 23.2. The number of carbonyl (C=O) groups excluding carboxylic acids is 1. The standard InChI is InChI=1S/C17H21N3O3S2/c21-16(20-8-2-1-3-9-20)12-4-6-13(7-5-12)18-17-19-14-10-25(22,23)11-15(14)24-17/h4-7,14-15H,1-3,8-11H2,(H,18,19)/t14-,15-/m0/s1. The molecular formula is C17H21N3O3S2. The second kappa shape index (κ2) is 6.64. The molecule has 0 spiro atoms. The van der Waals surface area contributed by atoms with E-state index in [9.17, 15) is 13.2 Å². The topological polar surface area (TPSA) is 78.8 Å². The fourth-order valence-electron chi connectivity index (χ4n) is 3.52. The van der Waals surface area contributed by atoms with Crippen molar-refractivity contribution in [1.82, 2.24) is 4.90 Å². The quantitative estimate of drug-likeness (QED) is 0.850. The number of benzene rings is 1. The SMILES string of the molecule is O=C(c1ccc(NC2=N[C@H]3CS(=O)(=O)C[C@@H]3S2)cc1)N1CCCCC1. The molecule has 1 amide bonds. The predicted octanol–water partition coefficient (Wildman–Crippen LogP) is 1.99. The van der Waals surface area contributed by atoms with Crippen LogP contribution in [0.15, 0.2) is 29.3 Å². The van der Waals surface area contributed by atoms with Crippen molar-refractivity contribution in [1.29, 1.82) is 0 Å². The number of hydrogen-bond acceptors (Lipinski definition) is 6. The Balaban J connectivity index is 1.39. The van der Waals surface area contributed by atoms with E-state index < -0.39 is 9.84 Å². The highest BCUT2D eigenvalue weighted by Gasteiger charge is 2.42. The first-order valence-corrected chi connectivity index (χ1v) is 11.3. The lowest BCUT2D eigenvalue weighted by atomic mass is 10.1. The highest BCUT2D eigenvalue weighted by molar-refractivity contribution is 8.15. The van der Waals surface area contributed by atoms with Gasteiger partial charge in [0.25, 0.3) is 5.91 Å². The molecule has 0 aromatic heterocycles. The smallest absolute Gasteiger partial charge is 0.253 e. The molecule has 6 nitrogen and oxygen atoms in total. The summed E-state index contributed by atoms with van der Waals surface area (Å²) in [7, 11) is -2.93. The van der Waals surface area contributed by atoms with Crippen molar-refractivity contribution in [2.45, 2.75) is 30.6 Å². The summed E-state index contributed by atoms with van der Waals surface area (Å²) in [5, 5.41) is 4.03. The monoisotopic (exact) mass is 379 g/mol. The highest BCUT2D eigenvalue weighted by atomic mass is 32.2. The zero-order valence-electron chi connectivity index (χ0n) is 13.8. The van der Waals surface area contributed by atoms with E-state index in [-0.39, 0.29) is 28.7 Å². The number of amidine groups is 1. The van der Waals surface area contributed by atoms with Crippen LogP contribution in [-0.4, -0.2) is 60.3 Å². The molecule has 25 heavy (non-hydrogen) atoms. The van der Waals surface area contributed by atoms with Crippen molar-refractivity contribution in [2.24, 2.45) is 4.99 Å². The Bertz CT molecular complexity index is 799. The Kier molecular flexibility index (Phi) is 4.49. The van der Waals surface area contributed by atoms with E-state index in [0.29, 0.717) is 5.56 Å². The van der Waals surface area contributed by atoms with E-state index in [1.54, 1.807) is 0 Å². The second-order valence-corrected chi connectivity index (χ2v) is 10.2. The van der Waals surface area contributed by atoms with Crippen molar-refractivity contribution >= 4 is 38.4 Å². The first-order chi connectivity index (χ1) is 12.0. The lowest BCUT2D eigenvalue weighted by molar-refractivity contribution is 0.0724. The Morgan fingerprint density at radius 3 is 2.52 bits per heavy atom. The molecule has 1 aromatic carbocycles. The molecule has 1 N–H and O–H groups in total. The van der Waals surface area contributed by atoms with Crippen LogP contribution in [0, 0.1) is 0 Å². The van der Waals surface area contributed by atoms with Gasteiger partial charge in [0, 0.05) is 29.6 Å². The van der Waals surface area contributed by atoms with E-state index >= 15 is 0 Å². The van der Waals surface area contributed by atoms with E-state index in [1.807, 2.05) is 29.2 Å². The summed E-state index contributed by atoms with van der Waals surface area (Å²) in [6.45, 7) is 1.69. The predicted molar refractivity (Wildman–Crippen MR) is 101 cm³/mol. The lowest BCUT2D eigenvalue weighted by Gasteiger charge is -2.26. The number of thioether (sulfide) groups is 1. The third kappa shape index (κ3) is 3.69. The van der Waals surface area contributed by atoms with Crippen LogP contribution in [0.2, 0.25) is 0 Å². The molecule has 2 fully saturated rings. The zero-order valence-corrected chi connectivity index (χ0v) is 15.5. The van der Waals surface area contributed by atoms with E-state index in [4.69, 9.17) is 0 Å². The average molecular weight is 380 g/mol. The van der Waals surface area contributed by atoms with Gasteiger partial charge in [-0.1, -0.05) is 11.8 Å². The lowest BCUT2D eigenvalue weighted by Crippen LogP contribution is -2.35. The number of nitrogens with zero attached hydrogens (tertiary/aromatic N) is 2. The van der Waals surface area contributed by atoms with Gasteiger partial charge in [-0.25, -0.2) is 8.42 Å². The molecule has 134 valence electrons. The van der Waals surface area contributed by atoms with Gasteiger partial charge in [-0.05, 0) is 43.5 Å². The van der Waals surface area contributed by atoms with E-state index in [1.165, 1.54) is 18.2 Å². The molecule has 2 atom stereocenters. The number of carbonyl (C=O) groups is 1. The largest absolute Gasteiger partial charge is 0.339 e. The second-order valence-electron chi connectivity index (χ2n) is 6.79. The van der Waals surface area contributed by atoms with Gasteiger partial charge in [0.05, 0.1) is 17.5 Å². The van der Waals surface area contributed by atoms with Gasteiger partial charge in [0.1, 0.15) is 0 Å². The molecule has 4 rings (SSSR count). The molecule has 1 aromatic rings. The summed E-state index contributed by atoms with van der Waals surface area (Å²) in [4.78, 5) is 18.9. The van der Waals surface area contributed by atoms with Crippen LogP contribution in [0.4, 0.5) is 5.69 Å². The minimum absolute atomic E-state index is 0.0347. The number of amides is 1. The van der Waals surface area contributed by atoms with E-state index in [2.05, 4.69) is 10.3 Å². The number of nitrogens with one attached hydrogen (secondary N) is 1. The molecule has 3 aliphatic rings. The van der Waals surface area contributed by atoms with Crippen molar-refractivity contribution < 1.29 is 13.2 Å². The number of sulfone groups is 1. The van der Waals surface area contributed by atoms with Crippen molar-refractivity contribution in [3.8, 4) is 0 Å². The van der Waals surface area contributed by atoms with Crippen molar-refractivity contribution in [3.05, 3.63) is 29.8 Å². The summed E-state index contributed by atoms with van der Waals surface area (Å²) in [6, 6.07) is 7.31. The van der Waals surface area contributed by atoms with Gasteiger partial charge >= 0.3 is 0 Å². The molecule has 2 saturated heterocycles. The minimum Gasteiger partial charge on any atom is -0.339 e. The van der Waals surface area contributed by atoms with Crippen LogP contribution in [-0.2, 0) is 9.84 Å². The molecule has 0 radical (unpaired) electrons. The molecule has 3 heterocycles. The molecule has 0 aliphatic carbocycles. The first kappa shape index (κ1) is 16.9. The summed E-state index contributed by atoms with van der Waals surface area (Å²) in [6.07, 6.45) is 3.37. The van der Waals surface area contributed by atoms with Gasteiger partial charge in [-0.2, -0.15) is 0 Å². The molecule has 0 saturated carbocycles. The van der Waals surface area contributed by atoms with Gasteiger partial charge in [0.2, 0.25) is 0 Å². The van der Waals surface area contributed by atoms with Gasteiger partial charge < -0.3 is 10.2 Å². The van der Waals surface area contributed by atoms with Gasteiger partial charge in [-0.3, -0.25) is 9.79 Å². The summed E-state index contributed by atoms with van der Waals surface area (Å²) >= 11 is 1.50. The van der Waals surface area contributed by atoms with Gasteiger partial charge in [0.15, 0.2) is 15.0 Å². The normalized spacial score (nSPS) is 27.7. The van der Waals surface area contributed by atoms with Crippen LogP contribution in [0.3, 0.4) is 0 Å². The summed E-state index contributed by atoms with van der Waals surface area (Å²) in [5.41, 5.74) is 1.57. The Hall–Kier alpha value is -1.54. The Labute approximate surface area is 152 Å². The van der Waals surface area contributed by atoms with Crippen molar-refractivity contribution in [2.75, 3.05) is 29.9 Å². The number of rotatable bonds is 2. The number of piperidine rings is 1. The Morgan fingerprint density at radius 2 is 1.84 bits per heavy atom. The average Bonchev–Trinajstić information content (AvgIpc) is 3.08. The zero-order chi connectivity index (χ0) is 17.4. The molecule has 8 heteroatoms. The molecular weight excluding hydrogens is 358 g/mol. The van der Waals surface area contributed by atoms with Crippen molar-refractivity contribution in [3.63, 3.8) is 0 Å². The molecule has 0 unspecified atom stereocenters. The number of likely N-dealkylation sites (tertiary alicyclic amines) is 1. The van der Waals surface area contributed by atoms with Gasteiger partial charge in [-0.15, -0.1) is 0 Å². The third-order valence-corrected chi connectivity index (χ3v) is 7.99. The first-order valence-electron chi connectivity index (χ1n) is 8.61. The van der Waals surface area contributed by atoms with Crippen LogP contribution >= 0.6 is 11.8 Å². The number of fused-ring (bicyclic) bond motifs is 1.